The van der Waals surface area contributed by atoms with Gasteiger partial charge in [-0.05, 0) is 35.9 Å². The molecule has 0 spiro atoms. The van der Waals surface area contributed by atoms with Crippen molar-refractivity contribution in [2.24, 2.45) is 0 Å². The molecule has 2 heterocycles. The average molecular weight is 329 g/mol. The fourth-order valence-electron chi connectivity index (χ4n) is 1.97. The van der Waals surface area contributed by atoms with Crippen LogP contribution in [0.25, 0.3) is 22.6 Å². The first-order valence-corrected chi connectivity index (χ1v) is 6.75. The summed E-state index contributed by atoms with van der Waals surface area (Å²) in [6.45, 7) is 0. The molecule has 7 heteroatoms. The molecule has 102 valence electrons. The molecule has 0 atom stereocenters. The second-order valence-electron chi connectivity index (χ2n) is 4.06. The predicted octanol–water partition coefficient (Wildman–Crippen LogP) is 4.88. The minimum atomic E-state index is 0.268. The number of nitrogens with one attached hydrogen (secondary N) is 1. The molecule has 3 N–H and O–H groups in total. The van der Waals surface area contributed by atoms with Gasteiger partial charge in [0.15, 0.2) is 16.8 Å². The van der Waals surface area contributed by atoms with E-state index in [1.807, 2.05) is 0 Å². The highest BCUT2D eigenvalue weighted by molar-refractivity contribution is 6.39. The molecule has 0 amide bonds. The van der Waals surface area contributed by atoms with Gasteiger partial charge in [-0.2, -0.15) is 5.10 Å². The number of aromatic amines is 1. The molecule has 0 saturated carbocycles. The lowest BCUT2D eigenvalue weighted by Crippen LogP contribution is -1.90. The zero-order valence-electron chi connectivity index (χ0n) is 9.95. The number of nitrogen functional groups attached to an aromatic ring is 1. The summed E-state index contributed by atoms with van der Waals surface area (Å²) in [4.78, 5) is 0. The van der Waals surface area contributed by atoms with Gasteiger partial charge >= 0.3 is 0 Å². The van der Waals surface area contributed by atoms with Gasteiger partial charge in [0.1, 0.15) is 5.69 Å². The van der Waals surface area contributed by atoms with Crippen LogP contribution in [-0.2, 0) is 0 Å². The standard InChI is InChI=1S/C13H8Cl3N3O/c14-6-2-1-3-7(15)10(6)11-12(18-19-13(11)17)8-4-5-9(16)20-8/h1-5H,(H3,17,18,19). The van der Waals surface area contributed by atoms with Crippen molar-refractivity contribution in [1.29, 1.82) is 0 Å². The van der Waals surface area contributed by atoms with E-state index in [1.165, 1.54) is 0 Å². The Balaban J connectivity index is 2.27. The van der Waals surface area contributed by atoms with E-state index in [4.69, 9.17) is 45.0 Å². The third-order valence-corrected chi connectivity index (χ3v) is 3.66. The van der Waals surface area contributed by atoms with E-state index >= 15 is 0 Å². The molecule has 0 saturated heterocycles. The smallest absolute Gasteiger partial charge is 0.194 e. The molecule has 0 unspecified atom stereocenters. The second kappa shape index (κ2) is 5.05. The van der Waals surface area contributed by atoms with Crippen molar-refractivity contribution in [2.75, 3.05) is 5.73 Å². The number of nitrogens with zero attached hydrogens (tertiary/aromatic N) is 1. The largest absolute Gasteiger partial charge is 0.443 e. The molecular weight excluding hydrogens is 321 g/mol. The molecule has 1 aromatic carbocycles. The molecule has 4 nitrogen and oxygen atoms in total. The third-order valence-electron chi connectivity index (χ3n) is 2.83. The summed E-state index contributed by atoms with van der Waals surface area (Å²) in [7, 11) is 0. The van der Waals surface area contributed by atoms with Crippen molar-refractivity contribution in [3.63, 3.8) is 0 Å². The number of aromatic nitrogens is 2. The maximum atomic E-state index is 6.22. The number of H-pyrrole nitrogens is 1. The monoisotopic (exact) mass is 327 g/mol. The summed E-state index contributed by atoms with van der Waals surface area (Å²) in [5.41, 5.74) is 7.69. The molecule has 3 rings (SSSR count). The topological polar surface area (TPSA) is 67.8 Å². The number of nitrogens with two attached hydrogens (primary N) is 1. The number of benzene rings is 1. The minimum Gasteiger partial charge on any atom is -0.443 e. The van der Waals surface area contributed by atoms with Crippen LogP contribution >= 0.6 is 34.8 Å². The zero-order valence-corrected chi connectivity index (χ0v) is 12.2. The summed E-state index contributed by atoms with van der Waals surface area (Å²) in [6.07, 6.45) is 0. The molecule has 0 radical (unpaired) electrons. The summed E-state index contributed by atoms with van der Waals surface area (Å²) in [5, 5.41) is 8.03. The Morgan fingerprint density at radius 2 is 1.70 bits per heavy atom. The van der Waals surface area contributed by atoms with E-state index in [9.17, 15) is 0 Å². The van der Waals surface area contributed by atoms with Gasteiger partial charge in [-0.3, -0.25) is 5.10 Å². The van der Waals surface area contributed by atoms with Crippen LogP contribution in [0.5, 0.6) is 0 Å². The van der Waals surface area contributed by atoms with E-state index in [2.05, 4.69) is 10.2 Å². The number of halogens is 3. The van der Waals surface area contributed by atoms with E-state index in [0.717, 1.165) is 0 Å². The highest BCUT2D eigenvalue weighted by Crippen LogP contribution is 2.42. The van der Waals surface area contributed by atoms with Crippen molar-refractivity contribution in [1.82, 2.24) is 10.2 Å². The van der Waals surface area contributed by atoms with Gasteiger partial charge in [0.05, 0.1) is 15.6 Å². The first kappa shape index (κ1) is 13.4. The van der Waals surface area contributed by atoms with Crippen molar-refractivity contribution in [3.8, 4) is 22.6 Å². The first-order valence-electron chi connectivity index (χ1n) is 5.62. The Labute approximate surface area is 129 Å². The van der Waals surface area contributed by atoms with Gasteiger partial charge in [-0.1, -0.05) is 29.3 Å². The molecule has 0 bridgehead atoms. The molecular formula is C13H8Cl3N3O. The zero-order chi connectivity index (χ0) is 14.3. The minimum absolute atomic E-state index is 0.268. The van der Waals surface area contributed by atoms with Gasteiger partial charge in [0.2, 0.25) is 0 Å². The SMILES string of the molecule is Nc1n[nH]c(-c2ccc(Cl)o2)c1-c1c(Cl)cccc1Cl. The summed E-state index contributed by atoms with van der Waals surface area (Å²) < 4.78 is 5.38. The van der Waals surface area contributed by atoms with Gasteiger partial charge in [-0.15, -0.1) is 0 Å². The van der Waals surface area contributed by atoms with Crippen LogP contribution in [0.3, 0.4) is 0 Å². The predicted molar refractivity (Wildman–Crippen MR) is 81.2 cm³/mol. The molecule has 3 aromatic rings. The first-order chi connectivity index (χ1) is 9.58. The van der Waals surface area contributed by atoms with Crippen LogP contribution in [0.1, 0.15) is 0 Å². The van der Waals surface area contributed by atoms with E-state index in [1.54, 1.807) is 30.3 Å². The number of anilines is 1. The highest BCUT2D eigenvalue weighted by Gasteiger charge is 2.21. The summed E-state index contributed by atoms with van der Waals surface area (Å²) in [6, 6.07) is 8.56. The summed E-state index contributed by atoms with van der Waals surface area (Å²) >= 11 is 18.2. The molecule has 0 fully saturated rings. The fourth-order valence-corrected chi connectivity index (χ4v) is 2.71. The molecule has 0 aliphatic rings. The van der Waals surface area contributed by atoms with Crippen LogP contribution < -0.4 is 5.73 Å². The van der Waals surface area contributed by atoms with Crippen LogP contribution in [0.15, 0.2) is 34.7 Å². The van der Waals surface area contributed by atoms with E-state index < -0.39 is 0 Å². The van der Waals surface area contributed by atoms with E-state index in [-0.39, 0.29) is 11.0 Å². The van der Waals surface area contributed by atoms with Crippen molar-refractivity contribution in [3.05, 3.63) is 45.6 Å². The van der Waals surface area contributed by atoms with E-state index in [0.29, 0.717) is 32.6 Å². The Morgan fingerprint density at radius 1 is 1.00 bits per heavy atom. The van der Waals surface area contributed by atoms with Crippen LogP contribution in [0.4, 0.5) is 5.82 Å². The highest BCUT2D eigenvalue weighted by atomic mass is 35.5. The van der Waals surface area contributed by atoms with Crippen molar-refractivity contribution < 1.29 is 4.42 Å². The number of rotatable bonds is 2. The van der Waals surface area contributed by atoms with Crippen molar-refractivity contribution >= 4 is 40.6 Å². The van der Waals surface area contributed by atoms with Crippen LogP contribution in [0.2, 0.25) is 15.3 Å². The quantitative estimate of drug-likeness (QED) is 0.704. The van der Waals surface area contributed by atoms with Gasteiger partial charge in [-0.25, -0.2) is 0 Å². The fraction of sp³-hybridized carbons (Fsp3) is 0. The van der Waals surface area contributed by atoms with Crippen LogP contribution in [-0.4, -0.2) is 10.2 Å². The Morgan fingerprint density at radius 3 is 2.30 bits per heavy atom. The maximum Gasteiger partial charge on any atom is 0.194 e. The second-order valence-corrected chi connectivity index (χ2v) is 5.25. The van der Waals surface area contributed by atoms with Gasteiger partial charge < -0.3 is 10.2 Å². The molecule has 0 aliphatic carbocycles. The number of furan rings is 1. The number of hydrogen-bond acceptors (Lipinski definition) is 3. The lowest BCUT2D eigenvalue weighted by atomic mass is 10.0. The van der Waals surface area contributed by atoms with Gasteiger partial charge in [0, 0.05) is 5.56 Å². The molecule has 0 aliphatic heterocycles. The lowest BCUT2D eigenvalue weighted by Gasteiger charge is -2.07. The Bertz CT molecular complexity index is 759. The normalized spacial score (nSPS) is 10.9. The van der Waals surface area contributed by atoms with Crippen LogP contribution in [0, 0.1) is 0 Å². The Kier molecular flexibility index (Phi) is 3.38. The summed E-state index contributed by atoms with van der Waals surface area (Å²) in [5.74, 6) is 0.785. The average Bonchev–Trinajstić information content (AvgIpc) is 2.97. The number of hydrogen-bond donors (Lipinski definition) is 2. The molecule has 20 heavy (non-hydrogen) atoms. The maximum absolute atomic E-state index is 6.22. The Hall–Kier alpha value is -1.62. The lowest BCUT2D eigenvalue weighted by molar-refractivity contribution is 0.582. The van der Waals surface area contributed by atoms with Gasteiger partial charge in [0.25, 0.3) is 0 Å². The molecule has 2 aromatic heterocycles. The van der Waals surface area contributed by atoms with Crippen molar-refractivity contribution in [2.45, 2.75) is 0 Å². The third kappa shape index (κ3) is 2.16.